The van der Waals surface area contributed by atoms with Crippen LogP contribution < -0.4 is 5.32 Å². The smallest absolute Gasteiger partial charge is 0.329 e. The highest BCUT2D eigenvalue weighted by molar-refractivity contribution is 7.91. The minimum atomic E-state index is -3.02. The molecule has 1 rings (SSSR count). The Labute approximate surface area is 113 Å². The van der Waals surface area contributed by atoms with Gasteiger partial charge in [0.1, 0.15) is 15.4 Å². The molecule has 1 amide bonds. The number of carboxylic acid groups (broad SMARTS) is 1. The standard InChI is InChI=1S/C12H21NO5S/c1-3-6-12(2,11(15)16)13-10(14)9-4-7-19(17,18)8-5-9/h9H,3-8H2,1-2H3,(H,13,14)(H,15,16). The molecule has 0 aromatic heterocycles. The normalized spacial score (nSPS) is 22.4. The fourth-order valence-corrected chi connectivity index (χ4v) is 3.74. The molecule has 2 N–H and O–H groups in total. The largest absolute Gasteiger partial charge is 0.480 e. The van der Waals surface area contributed by atoms with Gasteiger partial charge in [-0.05, 0) is 26.2 Å². The lowest BCUT2D eigenvalue weighted by molar-refractivity contribution is -0.148. The number of carbonyl (C=O) groups is 2. The first-order valence-corrected chi connectivity index (χ1v) is 8.28. The highest BCUT2D eigenvalue weighted by Crippen LogP contribution is 2.21. The Balaban J connectivity index is 2.66. The van der Waals surface area contributed by atoms with E-state index in [1.807, 2.05) is 6.92 Å². The second-order valence-electron chi connectivity index (χ2n) is 5.30. The summed E-state index contributed by atoms with van der Waals surface area (Å²) in [7, 11) is -3.02. The number of amides is 1. The highest BCUT2D eigenvalue weighted by atomic mass is 32.2. The molecule has 0 bridgehead atoms. The summed E-state index contributed by atoms with van der Waals surface area (Å²) in [5, 5.41) is 11.7. The van der Waals surface area contributed by atoms with Crippen molar-refractivity contribution in [2.45, 2.75) is 45.1 Å². The zero-order chi connectivity index (χ0) is 14.7. The predicted octanol–water partition coefficient (Wildman–Crippen LogP) is 0.571. The lowest BCUT2D eigenvalue weighted by Gasteiger charge is -2.29. The van der Waals surface area contributed by atoms with Crippen LogP contribution in [0.1, 0.15) is 39.5 Å². The molecule has 1 saturated heterocycles. The van der Waals surface area contributed by atoms with Crippen LogP contribution in [0.25, 0.3) is 0 Å². The first kappa shape index (κ1) is 15.9. The lowest BCUT2D eigenvalue weighted by Crippen LogP contribution is -2.54. The van der Waals surface area contributed by atoms with Crippen molar-refractivity contribution in [3.63, 3.8) is 0 Å². The first-order valence-electron chi connectivity index (χ1n) is 6.46. The van der Waals surface area contributed by atoms with Crippen molar-refractivity contribution in [3.8, 4) is 0 Å². The van der Waals surface area contributed by atoms with Gasteiger partial charge in [0.15, 0.2) is 0 Å². The number of aliphatic carboxylic acids is 1. The third kappa shape index (κ3) is 4.19. The lowest BCUT2D eigenvalue weighted by atomic mass is 9.93. The molecule has 1 heterocycles. The van der Waals surface area contributed by atoms with Gasteiger partial charge in [-0.1, -0.05) is 13.3 Å². The van der Waals surface area contributed by atoms with Crippen molar-refractivity contribution in [2.75, 3.05) is 11.5 Å². The average molecular weight is 291 g/mol. The Morgan fingerprint density at radius 3 is 2.26 bits per heavy atom. The second-order valence-corrected chi connectivity index (χ2v) is 7.61. The summed E-state index contributed by atoms with van der Waals surface area (Å²) in [6.07, 6.45) is 1.53. The van der Waals surface area contributed by atoms with E-state index in [1.54, 1.807) is 0 Å². The maximum absolute atomic E-state index is 12.0. The van der Waals surface area contributed by atoms with Gasteiger partial charge in [-0.15, -0.1) is 0 Å². The molecule has 1 aliphatic heterocycles. The number of nitrogens with one attached hydrogen (secondary N) is 1. The zero-order valence-corrected chi connectivity index (χ0v) is 12.1. The van der Waals surface area contributed by atoms with E-state index in [2.05, 4.69) is 5.32 Å². The molecule has 0 aromatic rings. The van der Waals surface area contributed by atoms with Gasteiger partial charge in [0.05, 0.1) is 11.5 Å². The van der Waals surface area contributed by atoms with Crippen molar-refractivity contribution in [2.24, 2.45) is 5.92 Å². The van der Waals surface area contributed by atoms with Gasteiger partial charge in [0.25, 0.3) is 0 Å². The van der Waals surface area contributed by atoms with Crippen molar-refractivity contribution in [1.82, 2.24) is 5.32 Å². The van der Waals surface area contributed by atoms with E-state index in [1.165, 1.54) is 6.92 Å². The fourth-order valence-electron chi connectivity index (χ4n) is 2.25. The molecule has 0 aliphatic carbocycles. The van der Waals surface area contributed by atoms with Crippen LogP contribution in [0.3, 0.4) is 0 Å². The summed E-state index contributed by atoms with van der Waals surface area (Å²) in [4.78, 5) is 23.3. The number of sulfone groups is 1. The molecule has 1 fully saturated rings. The topological polar surface area (TPSA) is 101 Å². The minimum absolute atomic E-state index is 0.00263. The number of hydrogen-bond acceptors (Lipinski definition) is 4. The van der Waals surface area contributed by atoms with Crippen molar-refractivity contribution < 1.29 is 23.1 Å². The van der Waals surface area contributed by atoms with E-state index in [-0.39, 0.29) is 30.3 Å². The van der Waals surface area contributed by atoms with Gasteiger partial charge in [-0.25, -0.2) is 13.2 Å². The molecular weight excluding hydrogens is 270 g/mol. The summed E-state index contributed by atoms with van der Waals surface area (Å²) in [6.45, 7) is 3.33. The maximum atomic E-state index is 12.0. The van der Waals surface area contributed by atoms with E-state index < -0.39 is 27.3 Å². The van der Waals surface area contributed by atoms with Gasteiger partial charge >= 0.3 is 5.97 Å². The molecule has 7 heteroatoms. The van der Waals surface area contributed by atoms with Crippen molar-refractivity contribution in [3.05, 3.63) is 0 Å². The Bertz CT molecular complexity index is 445. The molecule has 0 radical (unpaired) electrons. The number of carboxylic acids is 1. The molecule has 1 unspecified atom stereocenters. The van der Waals surface area contributed by atoms with E-state index in [9.17, 15) is 23.1 Å². The van der Waals surface area contributed by atoms with Gasteiger partial charge in [0.2, 0.25) is 5.91 Å². The van der Waals surface area contributed by atoms with Gasteiger partial charge in [-0.3, -0.25) is 4.79 Å². The quantitative estimate of drug-likeness (QED) is 0.771. The summed E-state index contributed by atoms with van der Waals surface area (Å²) >= 11 is 0. The van der Waals surface area contributed by atoms with Gasteiger partial charge in [0, 0.05) is 5.92 Å². The van der Waals surface area contributed by atoms with Crippen molar-refractivity contribution >= 4 is 21.7 Å². The van der Waals surface area contributed by atoms with Crippen LogP contribution in [0.4, 0.5) is 0 Å². The molecule has 0 saturated carbocycles. The molecule has 0 aromatic carbocycles. The van der Waals surface area contributed by atoms with Gasteiger partial charge < -0.3 is 10.4 Å². The fraction of sp³-hybridized carbons (Fsp3) is 0.833. The molecule has 1 atom stereocenters. The minimum Gasteiger partial charge on any atom is -0.480 e. The Kier molecular flexibility index (Phi) is 4.95. The van der Waals surface area contributed by atoms with Gasteiger partial charge in [-0.2, -0.15) is 0 Å². The van der Waals surface area contributed by atoms with E-state index in [4.69, 9.17) is 0 Å². The van der Waals surface area contributed by atoms with E-state index in [0.29, 0.717) is 12.8 Å². The number of carbonyl (C=O) groups excluding carboxylic acids is 1. The second kappa shape index (κ2) is 5.90. The Hall–Kier alpha value is -1.11. The molecule has 19 heavy (non-hydrogen) atoms. The third-order valence-electron chi connectivity index (χ3n) is 3.55. The van der Waals surface area contributed by atoms with Crippen molar-refractivity contribution in [1.29, 1.82) is 0 Å². The monoisotopic (exact) mass is 291 g/mol. The molecule has 0 spiro atoms. The average Bonchev–Trinajstić information content (AvgIpc) is 2.28. The molecule has 1 aliphatic rings. The Morgan fingerprint density at radius 2 is 1.84 bits per heavy atom. The van der Waals surface area contributed by atoms with Crippen LogP contribution in [0.15, 0.2) is 0 Å². The van der Waals surface area contributed by atoms with E-state index in [0.717, 1.165) is 0 Å². The SMILES string of the molecule is CCCC(C)(NC(=O)C1CCS(=O)(=O)CC1)C(=O)O. The highest BCUT2D eigenvalue weighted by Gasteiger charge is 2.37. The number of rotatable bonds is 5. The van der Waals surface area contributed by atoms with Crippen LogP contribution in [-0.2, 0) is 19.4 Å². The summed E-state index contributed by atoms with van der Waals surface area (Å²) in [6, 6.07) is 0. The van der Waals surface area contributed by atoms with E-state index >= 15 is 0 Å². The predicted molar refractivity (Wildman–Crippen MR) is 70.5 cm³/mol. The summed E-state index contributed by atoms with van der Waals surface area (Å²) in [5.41, 5.74) is -1.28. The van der Waals surface area contributed by atoms with Crippen LogP contribution in [0, 0.1) is 5.92 Å². The molecular formula is C12H21NO5S. The van der Waals surface area contributed by atoms with Crippen LogP contribution >= 0.6 is 0 Å². The zero-order valence-electron chi connectivity index (χ0n) is 11.3. The first-order chi connectivity index (χ1) is 8.70. The van der Waals surface area contributed by atoms with Crippen LogP contribution in [0.2, 0.25) is 0 Å². The van der Waals surface area contributed by atoms with Crippen LogP contribution in [0.5, 0.6) is 0 Å². The maximum Gasteiger partial charge on any atom is 0.329 e. The third-order valence-corrected chi connectivity index (χ3v) is 5.26. The molecule has 6 nitrogen and oxygen atoms in total. The summed E-state index contributed by atoms with van der Waals surface area (Å²) < 4.78 is 22.6. The number of hydrogen-bond donors (Lipinski definition) is 2. The Morgan fingerprint density at radius 1 is 1.32 bits per heavy atom. The summed E-state index contributed by atoms with van der Waals surface area (Å²) in [5.74, 6) is -1.82. The molecule has 110 valence electrons. The van der Waals surface area contributed by atoms with Crippen LogP contribution in [-0.4, -0.2) is 42.4 Å².